The number of aryl methyl sites for hydroxylation is 1. The van der Waals surface area contributed by atoms with Crippen molar-refractivity contribution in [3.05, 3.63) is 97.1 Å². The predicted octanol–water partition coefficient (Wildman–Crippen LogP) is 6.82. The zero-order valence-corrected chi connectivity index (χ0v) is 16.8. The third kappa shape index (κ3) is 2.35. The van der Waals surface area contributed by atoms with Crippen LogP contribution in [0.5, 0.6) is 0 Å². The van der Waals surface area contributed by atoms with Crippen molar-refractivity contribution in [2.24, 2.45) is 0 Å². The maximum absolute atomic E-state index is 5.03. The van der Waals surface area contributed by atoms with E-state index in [0.717, 1.165) is 29.1 Å². The van der Waals surface area contributed by atoms with Crippen LogP contribution in [0.15, 0.2) is 97.1 Å². The first kappa shape index (κ1) is 17.0. The Balaban J connectivity index is 1.73. The molecule has 0 atom stereocenters. The number of nitrogens with zero attached hydrogens (tertiary/aromatic N) is 3. The Hall–Kier alpha value is -3.85. The molecular weight excluding hydrogens is 366 g/mol. The summed E-state index contributed by atoms with van der Waals surface area (Å²) in [6, 6.07) is 34.3. The molecule has 6 aromatic rings. The van der Waals surface area contributed by atoms with Crippen molar-refractivity contribution in [3.8, 4) is 17.1 Å². The molecular formula is C27H21N3. The van der Waals surface area contributed by atoms with Crippen LogP contribution in [0.3, 0.4) is 0 Å². The molecule has 30 heavy (non-hydrogen) atoms. The van der Waals surface area contributed by atoms with E-state index in [1.165, 1.54) is 27.3 Å². The van der Waals surface area contributed by atoms with Crippen molar-refractivity contribution in [1.29, 1.82) is 0 Å². The first-order chi connectivity index (χ1) is 14.9. The van der Waals surface area contributed by atoms with E-state index in [2.05, 4.69) is 113 Å². The number of aromatic nitrogens is 3. The van der Waals surface area contributed by atoms with Crippen LogP contribution < -0.4 is 0 Å². The molecule has 6 rings (SSSR count). The lowest BCUT2D eigenvalue weighted by molar-refractivity contribution is 0.796. The summed E-state index contributed by atoms with van der Waals surface area (Å²) < 4.78 is 4.68. The molecule has 2 aromatic heterocycles. The average molecular weight is 387 g/mol. The second-order valence-electron chi connectivity index (χ2n) is 7.56. The second-order valence-corrected chi connectivity index (χ2v) is 7.56. The van der Waals surface area contributed by atoms with E-state index in [1.807, 2.05) is 0 Å². The van der Waals surface area contributed by atoms with Crippen LogP contribution in [-0.2, 0) is 6.54 Å². The lowest BCUT2D eigenvalue weighted by atomic mass is 10.1. The van der Waals surface area contributed by atoms with E-state index in [-0.39, 0.29) is 0 Å². The Labute approximate surface area is 174 Å². The molecule has 0 saturated heterocycles. The molecule has 0 aliphatic rings. The third-order valence-corrected chi connectivity index (χ3v) is 5.94. The van der Waals surface area contributed by atoms with Crippen molar-refractivity contribution in [1.82, 2.24) is 14.1 Å². The molecule has 3 heteroatoms. The summed E-state index contributed by atoms with van der Waals surface area (Å²) in [7, 11) is 0. The van der Waals surface area contributed by atoms with Gasteiger partial charge >= 0.3 is 0 Å². The highest BCUT2D eigenvalue weighted by Crippen LogP contribution is 2.36. The SMILES string of the molecule is CCn1c(-c2ccccc2-n2c3ccccc3c3ccccc32)nc2ccccc21. The van der Waals surface area contributed by atoms with Gasteiger partial charge in [-0.25, -0.2) is 4.98 Å². The van der Waals surface area contributed by atoms with Crippen LogP contribution in [0.1, 0.15) is 6.92 Å². The van der Waals surface area contributed by atoms with E-state index < -0.39 is 0 Å². The monoisotopic (exact) mass is 387 g/mol. The number of benzene rings is 4. The molecule has 0 aliphatic heterocycles. The maximum atomic E-state index is 5.03. The first-order valence-electron chi connectivity index (χ1n) is 10.4. The Bertz CT molecular complexity index is 1480. The Morgan fingerprint density at radius 1 is 0.633 bits per heavy atom. The minimum atomic E-state index is 0.872. The molecule has 144 valence electrons. The van der Waals surface area contributed by atoms with Crippen LogP contribution in [0.4, 0.5) is 0 Å². The van der Waals surface area contributed by atoms with E-state index in [0.29, 0.717) is 0 Å². The van der Waals surface area contributed by atoms with Gasteiger partial charge in [-0.05, 0) is 43.3 Å². The van der Waals surface area contributed by atoms with Gasteiger partial charge in [0.2, 0.25) is 0 Å². The number of imidazole rings is 1. The van der Waals surface area contributed by atoms with Gasteiger partial charge in [0.15, 0.2) is 0 Å². The van der Waals surface area contributed by atoms with Gasteiger partial charge < -0.3 is 9.13 Å². The van der Waals surface area contributed by atoms with E-state index >= 15 is 0 Å². The molecule has 0 N–H and O–H groups in total. The Morgan fingerprint density at radius 3 is 1.90 bits per heavy atom. The molecule has 2 heterocycles. The molecule has 4 aromatic carbocycles. The molecule has 0 radical (unpaired) electrons. The van der Waals surface area contributed by atoms with Crippen molar-refractivity contribution >= 4 is 32.8 Å². The van der Waals surface area contributed by atoms with Gasteiger partial charge in [-0.2, -0.15) is 0 Å². The zero-order valence-electron chi connectivity index (χ0n) is 16.8. The summed E-state index contributed by atoms with van der Waals surface area (Å²) in [6.45, 7) is 3.05. The molecule has 0 fully saturated rings. The van der Waals surface area contributed by atoms with Crippen LogP contribution in [0, 0.1) is 0 Å². The minimum absolute atomic E-state index is 0.872. The van der Waals surface area contributed by atoms with Crippen molar-refractivity contribution in [2.75, 3.05) is 0 Å². The molecule has 0 amide bonds. The normalized spacial score (nSPS) is 11.6. The molecule has 0 bridgehead atoms. The molecule has 0 saturated carbocycles. The van der Waals surface area contributed by atoms with Gasteiger partial charge in [0, 0.05) is 22.9 Å². The summed E-state index contributed by atoms with van der Waals surface area (Å²) in [5.41, 5.74) is 6.93. The van der Waals surface area contributed by atoms with Gasteiger partial charge in [-0.3, -0.25) is 0 Å². The van der Waals surface area contributed by atoms with Crippen LogP contribution in [-0.4, -0.2) is 14.1 Å². The molecule has 0 aliphatic carbocycles. The largest absolute Gasteiger partial charge is 0.324 e. The summed E-state index contributed by atoms with van der Waals surface area (Å²) in [4.78, 5) is 5.03. The van der Waals surface area contributed by atoms with Gasteiger partial charge in [0.05, 0.1) is 27.8 Å². The second kappa shape index (κ2) is 6.60. The standard InChI is InChI=1S/C27H21N3/c1-2-29-26-18-10-6-14-22(26)28-27(29)21-13-5-9-17-25(21)30-23-15-7-3-11-19(23)20-12-4-8-16-24(20)30/h3-18H,2H2,1H3. The van der Waals surface area contributed by atoms with Gasteiger partial charge in [0.1, 0.15) is 5.82 Å². The smallest absolute Gasteiger partial charge is 0.143 e. The Morgan fingerprint density at radius 2 is 1.20 bits per heavy atom. The van der Waals surface area contributed by atoms with Crippen molar-refractivity contribution in [3.63, 3.8) is 0 Å². The van der Waals surface area contributed by atoms with Crippen LogP contribution in [0.25, 0.3) is 49.9 Å². The predicted molar refractivity (Wildman–Crippen MR) is 125 cm³/mol. The highest BCUT2D eigenvalue weighted by molar-refractivity contribution is 6.09. The lowest BCUT2D eigenvalue weighted by Crippen LogP contribution is -2.02. The average Bonchev–Trinajstić information content (AvgIpc) is 3.35. The van der Waals surface area contributed by atoms with Crippen molar-refractivity contribution in [2.45, 2.75) is 13.5 Å². The molecule has 0 unspecified atom stereocenters. The summed E-state index contributed by atoms with van der Waals surface area (Å²) in [6.07, 6.45) is 0. The van der Waals surface area contributed by atoms with E-state index in [4.69, 9.17) is 4.98 Å². The quantitative estimate of drug-likeness (QED) is 0.327. The first-order valence-corrected chi connectivity index (χ1v) is 10.4. The molecule has 0 spiro atoms. The fraction of sp³-hybridized carbons (Fsp3) is 0.0741. The summed E-state index contributed by atoms with van der Waals surface area (Å²) >= 11 is 0. The minimum Gasteiger partial charge on any atom is -0.324 e. The van der Waals surface area contributed by atoms with Gasteiger partial charge in [0.25, 0.3) is 0 Å². The summed E-state index contributed by atoms with van der Waals surface area (Å²) in [5, 5.41) is 2.54. The van der Waals surface area contributed by atoms with Crippen LogP contribution in [0.2, 0.25) is 0 Å². The fourth-order valence-electron chi connectivity index (χ4n) is 4.64. The highest BCUT2D eigenvalue weighted by Gasteiger charge is 2.18. The van der Waals surface area contributed by atoms with Crippen molar-refractivity contribution < 1.29 is 0 Å². The lowest BCUT2D eigenvalue weighted by Gasteiger charge is -2.14. The summed E-state index contributed by atoms with van der Waals surface area (Å²) in [5.74, 6) is 1.01. The molecule has 3 nitrogen and oxygen atoms in total. The maximum Gasteiger partial charge on any atom is 0.143 e. The van der Waals surface area contributed by atoms with Crippen LogP contribution >= 0.6 is 0 Å². The third-order valence-electron chi connectivity index (χ3n) is 5.94. The zero-order chi connectivity index (χ0) is 20.1. The number of fused-ring (bicyclic) bond motifs is 4. The highest BCUT2D eigenvalue weighted by atomic mass is 15.1. The number of rotatable bonds is 3. The number of hydrogen-bond donors (Lipinski definition) is 0. The van der Waals surface area contributed by atoms with Gasteiger partial charge in [-0.15, -0.1) is 0 Å². The number of hydrogen-bond acceptors (Lipinski definition) is 1. The topological polar surface area (TPSA) is 22.8 Å². The fourth-order valence-corrected chi connectivity index (χ4v) is 4.64. The van der Waals surface area contributed by atoms with E-state index in [1.54, 1.807) is 0 Å². The van der Waals surface area contributed by atoms with Gasteiger partial charge in [-0.1, -0.05) is 60.7 Å². The van der Waals surface area contributed by atoms with E-state index in [9.17, 15) is 0 Å². The Kier molecular flexibility index (Phi) is 3.75. The number of para-hydroxylation sites is 5.